The third-order valence-electron chi connectivity index (χ3n) is 2.60. The highest BCUT2D eigenvalue weighted by atomic mass is 16.5. The van der Waals surface area contributed by atoms with Gasteiger partial charge in [0.2, 0.25) is 5.95 Å². The highest BCUT2D eigenvalue weighted by molar-refractivity contribution is 5.58. The molecule has 0 aliphatic heterocycles. The number of nitrogen functional groups attached to an aromatic ring is 2. The molecule has 6 nitrogen and oxygen atoms in total. The maximum absolute atomic E-state index is 5.71. The first-order chi connectivity index (χ1) is 8.72. The Morgan fingerprint density at radius 3 is 2.50 bits per heavy atom. The van der Waals surface area contributed by atoms with E-state index in [0.29, 0.717) is 5.82 Å². The summed E-state index contributed by atoms with van der Waals surface area (Å²) in [6.45, 7) is 2.86. The topological polar surface area (TPSA) is 92.0 Å². The van der Waals surface area contributed by atoms with E-state index < -0.39 is 0 Å². The fourth-order valence-corrected chi connectivity index (χ4v) is 1.53. The van der Waals surface area contributed by atoms with Gasteiger partial charge in [-0.05, 0) is 30.7 Å². The number of nitrogens with zero attached hydrogens (tertiary/aromatic N) is 3. The van der Waals surface area contributed by atoms with E-state index in [-0.39, 0.29) is 5.95 Å². The van der Waals surface area contributed by atoms with Crippen LogP contribution in [0.3, 0.4) is 0 Å². The van der Waals surface area contributed by atoms with Gasteiger partial charge in [0.15, 0.2) is 5.82 Å². The second-order valence-electron chi connectivity index (χ2n) is 3.98. The van der Waals surface area contributed by atoms with E-state index in [2.05, 4.69) is 17.1 Å². The second kappa shape index (κ2) is 5.39. The van der Waals surface area contributed by atoms with Crippen molar-refractivity contribution in [3.8, 4) is 17.1 Å². The monoisotopic (exact) mass is 247 g/mol. The van der Waals surface area contributed by atoms with Crippen LogP contribution in [-0.2, 0) is 0 Å². The Morgan fingerprint density at radius 1 is 1.22 bits per heavy atom. The van der Waals surface area contributed by atoms with Crippen LogP contribution in [-0.4, -0.2) is 21.5 Å². The molecule has 0 bridgehead atoms. The summed E-state index contributed by atoms with van der Waals surface area (Å²) in [5.74, 6) is 7.27. The van der Waals surface area contributed by atoms with Crippen LogP contribution >= 0.6 is 0 Å². The van der Waals surface area contributed by atoms with Crippen molar-refractivity contribution in [1.82, 2.24) is 14.9 Å². The van der Waals surface area contributed by atoms with Gasteiger partial charge in [-0.3, -0.25) is 0 Å². The van der Waals surface area contributed by atoms with Gasteiger partial charge in [0.1, 0.15) is 5.75 Å². The fourth-order valence-electron chi connectivity index (χ4n) is 1.53. The summed E-state index contributed by atoms with van der Waals surface area (Å²) in [7, 11) is 0. The molecule has 0 saturated heterocycles. The summed E-state index contributed by atoms with van der Waals surface area (Å²) in [4.78, 5) is 0. The molecule has 1 heterocycles. The molecule has 0 amide bonds. The van der Waals surface area contributed by atoms with Crippen molar-refractivity contribution in [3.05, 3.63) is 24.3 Å². The van der Waals surface area contributed by atoms with Crippen molar-refractivity contribution in [2.24, 2.45) is 0 Å². The first-order valence-corrected chi connectivity index (χ1v) is 5.91. The van der Waals surface area contributed by atoms with Crippen LogP contribution in [0.25, 0.3) is 11.4 Å². The van der Waals surface area contributed by atoms with Gasteiger partial charge in [0.25, 0.3) is 0 Å². The average Bonchev–Trinajstić information content (AvgIpc) is 2.72. The maximum atomic E-state index is 5.71. The van der Waals surface area contributed by atoms with Crippen molar-refractivity contribution < 1.29 is 4.74 Å². The highest BCUT2D eigenvalue weighted by Crippen LogP contribution is 2.20. The molecule has 96 valence electrons. The summed E-state index contributed by atoms with van der Waals surface area (Å²) in [5.41, 5.74) is 6.38. The van der Waals surface area contributed by atoms with Gasteiger partial charge < -0.3 is 16.3 Å². The van der Waals surface area contributed by atoms with E-state index in [1.165, 1.54) is 4.68 Å². The molecule has 0 saturated carbocycles. The lowest BCUT2D eigenvalue weighted by molar-refractivity contribution is 0.309. The minimum Gasteiger partial charge on any atom is -0.494 e. The van der Waals surface area contributed by atoms with E-state index in [1.807, 2.05) is 24.3 Å². The lowest BCUT2D eigenvalue weighted by Crippen LogP contribution is -2.13. The van der Waals surface area contributed by atoms with Gasteiger partial charge in [0, 0.05) is 5.56 Å². The summed E-state index contributed by atoms with van der Waals surface area (Å²) in [5, 5.41) is 7.62. The Bertz CT molecular complexity index is 506. The van der Waals surface area contributed by atoms with Crippen molar-refractivity contribution in [2.45, 2.75) is 19.8 Å². The van der Waals surface area contributed by atoms with E-state index in [4.69, 9.17) is 16.3 Å². The van der Waals surface area contributed by atoms with Crippen molar-refractivity contribution in [3.63, 3.8) is 0 Å². The SMILES string of the molecule is CCCCOc1ccc(-c2nnc(N)n2N)cc1. The lowest BCUT2D eigenvalue weighted by Gasteiger charge is -2.06. The minimum atomic E-state index is 0.188. The smallest absolute Gasteiger partial charge is 0.241 e. The third kappa shape index (κ3) is 2.53. The fraction of sp³-hybridized carbons (Fsp3) is 0.333. The molecular weight excluding hydrogens is 230 g/mol. The van der Waals surface area contributed by atoms with Crippen LogP contribution in [0.2, 0.25) is 0 Å². The van der Waals surface area contributed by atoms with Gasteiger partial charge in [-0.25, -0.2) is 4.68 Å². The molecule has 0 radical (unpaired) electrons. The molecule has 0 aliphatic carbocycles. The summed E-state index contributed by atoms with van der Waals surface area (Å²) < 4.78 is 6.83. The number of hydrogen-bond donors (Lipinski definition) is 2. The van der Waals surface area contributed by atoms with Gasteiger partial charge in [0.05, 0.1) is 6.61 Å². The number of rotatable bonds is 5. The highest BCUT2D eigenvalue weighted by Gasteiger charge is 2.08. The maximum Gasteiger partial charge on any atom is 0.241 e. The average molecular weight is 247 g/mol. The zero-order valence-corrected chi connectivity index (χ0v) is 10.3. The van der Waals surface area contributed by atoms with Crippen LogP contribution in [0.1, 0.15) is 19.8 Å². The molecule has 1 aromatic carbocycles. The normalized spacial score (nSPS) is 10.5. The van der Waals surface area contributed by atoms with Crippen molar-refractivity contribution in [1.29, 1.82) is 0 Å². The van der Waals surface area contributed by atoms with E-state index >= 15 is 0 Å². The molecule has 0 fully saturated rings. The first-order valence-electron chi connectivity index (χ1n) is 5.91. The molecule has 2 rings (SSSR count). The van der Waals surface area contributed by atoms with Crippen LogP contribution < -0.4 is 16.3 Å². The Hall–Kier alpha value is -2.24. The number of aromatic nitrogens is 3. The Labute approximate surface area is 106 Å². The van der Waals surface area contributed by atoms with E-state index in [9.17, 15) is 0 Å². The summed E-state index contributed by atoms with van der Waals surface area (Å²) >= 11 is 0. The molecule has 6 heteroatoms. The molecule has 1 aromatic heterocycles. The minimum absolute atomic E-state index is 0.188. The van der Waals surface area contributed by atoms with Gasteiger partial charge in [-0.1, -0.05) is 13.3 Å². The Balaban J connectivity index is 2.10. The largest absolute Gasteiger partial charge is 0.494 e. The van der Waals surface area contributed by atoms with Crippen LogP contribution in [0.5, 0.6) is 5.75 Å². The van der Waals surface area contributed by atoms with E-state index in [0.717, 1.165) is 30.8 Å². The standard InChI is InChI=1S/C12H17N5O/c1-2-3-8-18-10-6-4-9(5-7-10)11-15-16-12(13)17(11)14/h4-7H,2-3,8,14H2,1H3,(H2,13,16). The summed E-state index contributed by atoms with van der Waals surface area (Å²) in [6.07, 6.45) is 2.17. The van der Waals surface area contributed by atoms with Gasteiger partial charge in [-0.15, -0.1) is 10.2 Å². The molecule has 2 aromatic rings. The molecule has 0 unspecified atom stereocenters. The van der Waals surface area contributed by atoms with E-state index in [1.54, 1.807) is 0 Å². The van der Waals surface area contributed by atoms with Crippen molar-refractivity contribution in [2.75, 3.05) is 18.2 Å². The number of hydrogen-bond acceptors (Lipinski definition) is 5. The number of ether oxygens (including phenoxy) is 1. The predicted molar refractivity (Wildman–Crippen MR) is 70.4 cm³/mol. The Kier molecular flexibility index (Phi) is 3.66. The van der Waals surface area contributed by atoms with Crippen LogP contribution in [0.15, 0.2) is 24.3 Å². The van der Waals surface area contributed by atoms with Crippen LogP contribution in [0.4, 0.5) is 5.95 Å². The molecular formula is C12H17N5O. The number of anilines is 1. The zero-order valence-electron chi connectivity index (χ0n) is 10.3. The van der Waals surface area contributed by atoms with Crippen molar-refractivity contribution >= 4 is 5.95 Å². The first kappa shape index (κ1) is 12.2. The zero-order chi connectivity index (χ0) is 13.0. The third-order valence-corrected chi connectivity index (χ3v) is 2.60. The molecule has 4 N–H and O–H groups in total. The number of benzene rings is 1. The van der Waals surface area contributed by atoms with Gasteiger partial charge >= 0.3 is 0 Å². The second-order valence-corrected chi connectivity index (χ2v) is 3.98. The quantitative estimate of drug-likeness (QED) is 0.615. The molecule has 0 aliphatic rings. The predicted octanol–water partition coefficient (Wildman–Crippen LogP) is 1.42. The molecule has 0 spiro atoms. The van der Waals surface area contributed by atoms with Gasteiger partial charge in [-0.2, -0.15) is 0 Å². The molecule has 0 atom stereocenters. The summed E-state index contributed by atoms with van der Waals surface area (Å²) in [6, 6.07) is 7.54. The number of unbranched alkanes of at least 4 members (excludes halogenated alkanes) is 1. The number of nitrogens with two attached hydrogens (primary N) is 2. The molecule has 18 heavy (non-hydrogen) atoms. The van der Waals surface area contributed by atoms with Crippen LogP contribution in [0, 0.1) is 0 Å². The Morgan fingerprint density at radius 2 is 1.94 bits per heavy atom. The lowest BCUT2D eigenvalue weighted by atomic mass is 10.2.